The number of rotatable bonds is 17. The molecule has 39 heteroatoms. The van der Waals surface area contributed by atoms with Gasteiger partial charge in [0.25, 0.3) is 0 Å². The molecule has 0 radical (unpaired) electrons. The Bertz CT molecular complexity index is 7000. The fourth-order valence-electron chi connectivity index (χ4n) is 21.4. The summed E-state index contributed by atoms with van der Waals surface area (Å²) in [5.74, 6) is -8.64. The Morgan fingerprint density at radius 2 is 0.754 bits per heavy atom. The first-order valence-corrected chi connectivity index (χ1v) is 53.8. The lowest BCUT2D eigenvalue weighted by molar-refractivity contribution is -0.0758. The number of benzene rings is 10. The van der Waals surface area contributed by atoms with E-state index in [1.807, 2.05) is 67.2 Å². The van der Waals surface area contributed by atoms with Crippen LogP contribution in [0.3, 0.4) is 0 Å². The van der Waals surface area contributed by atoms with Gasteiger partial charge in [-0.05, 0) is 221 Å². The van der Waals surface area contributed by atoms with Crippen LogP contribution < -0.4 is 18.9 Å². The van der Waals surface area contributed by atoms with Crippen molar-refractivity contribution in [3.63, 3.8) is 0 Å². The normalized spacial score (nSPS) is 25.2. The summed E-state index contributed by atoms with van der Waals surface area (Å²) in [5.41, 5.74) is 1.97. The van der Waals surface area contributed by atoms with Gasteiger partial charge < -0.3 is 47.4 Å². The molecule has 3 aromatic heterocycles. The highest BCUT2D eigenvalue weighted by Gasteiger charge is 2.67. The Labute approximate surface area is 817 Å². The summed E-state index contributed by atoms with van der Waals surface area (Å²) in [4.78, 5) is 12.5. The van der Waals surface area contributed by atoms with Crippen molar-refractivity contribution in [2.24, 2.45) is 23.7 Å². The van der Waals surface area contributed by atoms with Crippen molar-refractivity contribution in [3.8, 4) is 23.0 Å². The summed E-state index contributed by atoms with van der Waals surface area (Å²) < 4.78 is 281. The molecular formula is C99H86Cl4F8N4O17S6. The lowest BCUT2D eigenvalue weighted by Crippen LogP contribution is -2.58. The molecule has 13 atom stereocenters. The van der Waals surface area contributed by atoms with Crippen molar-refractivity contribution < 1.29 is 111 Å². The molecule has 5 saturated heterocycles. The molecule has 22 rings (SSSR count). The van der Waals surface area contributed by atoms with E-state index in [4.69, 9.17) is 88.8 Å². The molecule has 0 aliphatic carbocycles. The molecule has 0 spiro atoms. The first-order chi connectivity index (χ1) is 66.2. The van der Waals surface area contributed by atoms with Gasteiger partial charge in [0.15, 0.2) is 85.6 Å². The Hall–Kier alpha value is -9.44. The van der Waals surface area contributed by atoms with Crippen molar-refractivity contribution in [2.75, 3.05) is 58.6 Å². The number of aryl methyl sites for hydroxylation is 1. The van der Waals surface area contributed by atoms with Gasteiger partial charge in [-0.3, -0.25) is 0 Å². The highest BCUT2D eigenvalue weighted by atomic mass is 35.5. The fourth-order valence-corrected chi connectivity index (χ4v) is 33.6. The maximum absolute atomic E-state index is 15.5. The monoisotopic (exact) mass is 2090 g/mol. The number of nitrogens with one attached hydrogen (secondary N) is 1. The van der Waals surface area contributed by atoms with Gasteiger partial charge in [-0.25, -0.2) is 78.8 Å². The van der Waals surface area contributed by atoms with Gasteiger partial charge in [0.2, 0.25) is 0 Å². The van der Waals surface area contributed by atoms with E-state index in [2.05, 4.69) is 20.1 Å². The third kappa shape index (κ3) is 17.0. The molecule has 9 aliphatic heterocycles. The predicted molar refractivity (Wildman–Crippen MR) is 503 cm³/mol. The van der Waals surface area contributed by atoms with Gasteiger partial charge in [-0.1, -0.05) is 82.7 Å². The Morgan fingerprint density at radius 3 is 1.12 bits per heavy atom. The van der Waals surface area contributed by atoms with Gasteiger partial charge in [-0.2, -0.15) is 11.8 Å². The van der Waals surface area contributed by atoms with Crippen LogP contribution in [0.5, 0.6) is 23.0 Å². The molecular weight excluding hydrogens is 2000 g/mol. The Kier molecular flexibility index (Phi) is 27.4. The number of ether oxygens (including phenoxy) is 8. The molecule has 5 fully saturated rings. The molecule has 10 aromatic carbocycles. The first-order valence-electron chi connectivity index (χ1n) is 44.5. The molecule has 0 saturated carbocycles. The lowest BCUT2D eigenvalue weighted by Gasteiger charge is -2.50. The minimum Gasteiger partial charge on any atom is -0.490 e. The molecule has 9 aliphatic rings. The molecule has 12 heterocycles. The first kappa shape index (κ1) is 97.4. The van der Waals surface area contributed by atoms with Gasteiger partial charge >= 0.3 is 0 Å². The number of para-hydroxylation sites is 3. The summed E-state index contributed by atoms with van der Waals surface area (Å²) in [7, 11) is -16.9. The van der Waals surface area contributed by atoms with Crippen LogP contribution in [0.15, 0.2) is 224 Å². The minimum atomic E-state index is -4.26. The van der Waals surface area contributed by atoms with E-state index < -0.39 is 153 Å². The number of thiazole rings is 1. The minimum absolute atomic E-state index is 0.0194. The van der Waals surface area contributed by atoms with Crippen molar-refractivity contribution in [1.29, 1.82) is 0 Å². The molecule has 0 bridgehead atoms. The van der Waals surface area contributed by atoms with Crippen LogP contribution in [0.4, 0.5) is 35.1 Å². The second-order valence-electron chi connectivity index (χ2n) is 35.0. The van der Waals surface area contributed by atoms with E-state index in [-0.39, 0.29) is 156 Å². The largest absolute Gasteiger partial charge is 0.490 e. The SMILES string of the molecule is CCc1cc(C[C@@H]2OCC[C@@]3(S(=O)(=O)c4ccc(Cl)cc4)c4c(F)ccc(F)c4OC[C@@H]23)no1.O=S(=O)(c1ccc(Cl)cc1)[C@@]12CCO[C@@H](CC3CCCS3)[C@@H]1COc1c(F)ccc(F)c12.O=S(=O)(c1ccc(Cl)cc1)[C@@]12CCO[C@@H](Cc3nc4ccccc4[nH]3)[C@@H]1COc1c(F)ccc(F)c12.O=S(=O)(c1ccc(Cl)cc1)[C@@]12CCO[C@@H](Cc3nc4ccccc4s3)[C@@H]1COc1c(F)ccc(F)c12. The number of hydrogen-bond acceptors (Lipinski definition) is 22. The number of sulfone groups is 4. The van der Waals surface area contributed by atoms with Crippen molar-refractivity contribution in [3.05, 3.63) is 311 Å². The number of hydrogen-bond donors (Lipinski definition) is 1. The van der Waals surface area contributed by atoms with Gasteiger partial charge in [0.1, 0.15) is 53.8 Å². The second kappa shape index (κ2) is 38.8. The molecule has 21 nitrogen and oxygen atoms in total. The predicted octanol–water partition coefficient (Wildman–Crippen LogP) is 21.4. The standard InChI is InChI=1S/C26H21ClF2N2O4S.C26H20ClF2NO4S2.C24H22ClF2NO5S.C23H23ClF2O4S2/c27-15-5-7-16(8-6-15)36(32,33)26-11-12-34-22(13-23-30-20-3-1-2-4-21(20)31-23)17(26)14-35-25-19(29)10-9-18(28)24(25)26;27-15-5-7-16(8-6-15)36(31,32)26-11-12-33-21(13-23-30-20-3-1-2-4-22(20)35-23)17(26)14-34-25-19(29)10-9-18(28)24(25)26;1-2-16-11-15(28-33-16)12-21-18-13-32-23-20(27)8-7-19(26)22(23)24(18,9-10-31-21)34(29,30)17-5-3-14(25)4-6-17;24-14-3-5-16(6-4-14)32(27,28)23-9-10-29-20(12-15-2-1-11-31-15)17(23)13-30-22-19(26)8-7-18(25)21(22)23/h1-10,17,22H,11-14H2,(H,30,31);1-10,17,21H,11-14H2;3-8,11,18,21H,2,9-10,12-13H2,1H3;3-8,15,17,20H,1-2,9-13H2/t17-,22-,26-;17-,21-,26-;18-,21-,24-;15?,17-,20-,23-/m0000/s1. The van der Waals surface area contributed by atoms with E-state index >= 15 is 17.6 Å². The van der Waals surface area contributed by atoms with Crippen LogP contribution in [0.1, 0.15) is 96.4 Å². The van der Waals surface area contributed by atoms with Crippen molar-refractivity contribution in [2.45, 2.75) is 146 Å². The number of aromatic nitrogens is 4. The molecule has 0 amide bonds. The van der Waals surface area contributed by atoms with E-state index in [9.17, 15) is 51.2 Å². The third-order valence-corrected chi connectivity index (χ3v) is 41.6. The topological polar surface area (TPSA) is 278 Å². The highest BCUT2D eigenvalue weighted by Crippen LogP contribution is 2.62. The zero-order valence-electron chi connectivity index (χ0n) is 73.2. The summed E-state index contributed by atoms with van der Waals surface area (Å²) in [6.07, 6.45) is 1.67. The van der Waals surface area contributed by atoms with Crippen LogP contribution in [-0.2, 0) is 103 Å². The number of nitrogens with zero attached hydrogens (tertiary/aromatic N) is 3. The lowest BCUT2D eigenvalue weighted by atomic mass is 9.74. The summed E-state index contributed by atoms with van der Waals surface area (Å²) in [6.45, 7) is 1.65. The number of thioether (sulfide) groups is 1. The Balaban J connectivity index is 0.000000118. The van der Waals surface area contributed by atoms with Crippen molar-refractivity contribution in [1.82, 2.24) is 20.1 Å². The molecule has 138 heavy (non-hydrogen) atoms. The van der Waals surface area contributed by atoms with Crippen molar-refractivity contribution >= 4 is 130 Å². The second-order valence-corrected chi connectivity index (χ2v) is 48.1. The number of halogens is 12. The number of fused-ring (bicyclic) bond motifs is 14. The summed E-state index contributed by atoms with van der Waals surface area (Å²) in [5, 5.41) is 6.67. The molecule has 1 unspecified atom stereocenters. The van der Waals surface area contributed by atoms with Crippen LogP contribution in [-0.4, -0.2) is 142 Å². The van der Waals surface area contributed by atoms with Gasteiger partial charge in [0.05, 0.1) is 125 Å². The van der Waals surface area contributed by atoms with Crippen LogP contribution in [0.2, 0.25) is 20.1 Å². The summed E-state index contributed by atoms with van der Waals surface area (Å²) >= 11 is 27.3. The highest BCUT2D eigenvalue weighted by molar-refractivity contribution is 8.00. The Morgan fingerprint density at radius 1 is 0.406 bits per heavy atom. The molecule has 13 aromatic rings. The summed E-state index contributed by atoms with van der Waals surface area (Å²) in [6, 6.07) is 47.6. The average molecular weight is 2090 g/mol. The van der Waals surface area contributed by atoms with E-state index in [1.54, 1.807) is 6.07 Å². The third-order valence-electron chi connectivity index (χ3n) is 27.8. The zero-order valence-corrected chi connectivity index (χ0v) is 81.1. The molecule has 724 valence electrons. The average Bonchev–Trinajstić information content (AvgIpc) is 0.728. The number of H-pyrrole nitrogens is 1. The van der Waals surface area contributed by atoms with E-state index in [1.165, 1.54) is 108 Å². The van der Waals surface area contributed by atoms with Crippen LogP contribution in [0, 0.1) is 70.2 Å². The van der Waals surface area contributed by atoms with Crippen LogP contribution in [0.25, 0.3) is 21.3 Å². The van der Waals surface area contributed by atoms with E-state index in [0.717, 1.165) is 93.4 Å². The number of aromatic amines is 1. The quantitative estimate of drug-likeness (QED) is 0.0829. The number of imidazole rings is 1. The fraction of sp³-hybridized carbons (Fsp3) is 0.343. The van der Waals surface area contributed by atoms with Gasteiger partial charge in [0, 0.05) is 107 Å². The van der Waals surface area contributed by atoms with E-state index in [0.29, 0.717) is 61.9 Å². The smallest absolute Gasteiger partial charge is 0.189 e. The molecule has 1 N–H and O–H groups in total. The maximum atomic E-state index is 15.5. The zero-order chi connectivity index (χ0) is 96.8. The van der Waals surface area contributed by atoms with Gasteiger partial charge in [-0.15, -0.1) is 11.3 Å². The van der Waals surface area contributed by atoms with Crippen LogP contribution >= 0.6 is 69.5 Å². The maximum Gasteiger partial charge on any atom is 0.189 e.